The minimum absolute atomic E-state index is 0.0965. The number of nitrogens with one attached hydrogen (secondary N) is 3. The van der Waals surface area contributed by atoms with Gasteiger partial charge < -0.3 is 20.9 Å². The van der Waals surface area contributed by atoms with Crippen molar-refractivity contribution in [3.63, 3.8) is 0 Å². The summed E-state index contributed by atoms with van der Waals surface area (Å²) in [4.78, 5) is 38.7. The van der Waals surface area contributed by atoms with E-state index in [1.165, 1.54) is 0 Å². The summed E-state index contributed by atoms with van der Waals surface area (Å²) in [5.74, 6) is 0.0949. The number of aromatic nitrogens is 2. The highest BCUT2D eigenvalue weighted by Gasteiger charge is 2.21. The fraction of sp³-hybridized carbons (Fsp3) is 0.435. The number of amides is 3. The molecule has 0 aliphatic carbocycles. The van der Waals surface area contributed by atoms with Crippen LogP contribution in [-0.2, 0) is 4.79 Å². The predicted molar refractivity (Wildman–Crippen MR) is 123 cm³/mol. The molecule has 1 aliphatic heterocycles. The van der Waals surface area contributed by atoms with Crippen molar-refractivity contribution >= 4 is 29.2 Å². The molecule has 9 heteroatoms. The molecular weight excluding hydrogens is 408 g/mol. The summed E-state index contributed by atoms with van der Waals surface area (Å²) in [5, 5.41) is 16.4. The maximum Gasteiger partial charge on any atom is 0.271 e. The fourth-order valence-corrected chi connectivity index (χ4v) is 3.13. The Morgan fingerprint density at radius 1 is 0.875 bits per heavy atom. The summed E-state index contributed by atoms with van der Waals surface area (Å²) >= 11 is 0. The number of benzene rings is 1. The Labute approximate surface area is 188 Å². The third kappa shape index (κ3) is 6.26. The van der Waals surface area contributed by atoms with E-state index in [0.29, 0.717) is 11.3 Å². The summed E-state index contributed by atoms with van der Waals surface area (Å²) in [7, 11) is 0. The molecular formula is C23H30N6O3. The van der Waals surface area contributed by atoms with E-state index in [-0.39, 0.29) is 36.5 Å². The maximum absolute atomic E-state index is 12.3. The number of anilines is 2. The van der Waals surface area contributed by atoms with Crippen LogP contribution in [0.15, 0.2) is 36.4 Å². The van der Waals surface area contributed by atoms with Crippen molar-refractivity contribution in [2.45, 2.75) is 33.6 Å². The average Bonchev–Trinajstić information content (AvgIpc) is 3.31. The lowest BCUT2D eigenvalue weighted by Crippen LogP contribution is -2.35. The van der Waals surface area contributed by atoms with Crippen molar-refractivity contribution in [1.29, 1.82) is 0 Å². The first-order chi connectivity index (χ1) is 15.2. The van der Waals surface area contributed by atoms with Gasteiger partial charge in [-0.15, -0.1) is 10.2 Å². The molecule has 170 valence electrons. The highest BCUT2D eigenvalue weighted by atomic mass is 16.2. The monoisotopic (exact) mass is 438 g/mol. The van der Waals surface area contributed by atoms with E-state index < -0.39 is 5.41 Å². The molecule has 1 aromatic heterocycles. The maximum atomic E-state index is 12.3. The van der Waals surface area contributed by atoms with Crippen molar-refractivity contribution in [3.8, 4) is 0 Å². The van der Waals surface area contributed by atoms with E-state index in [9.17, 15) is 14.4 Å². The number of hydrogen-bond acceptors (Lipinski definition) is 6. The van der Waals surface area contributed by atoms with Gasteiger partial charge in [-0.3, -0.25) is 14.4 Å². The van der Waals surface area contributed by atoms with E-state index in [4.69, 9.17) is 0 Å². The van der Waals surface area contributed by atoms with Gasteiger partial charge in [0, 0.05) is 42.8 Å². The third-order valence-corrected chi connectivity index (χ3v) is 5.10. The molecule has 1 aromatic carbocycles. The van der Waals surface area contributed by atoms with Crippen molar-refractivity contribution in [3.05, 3.63) is 47.7 Å². The fourth-order valence-electron chi connectivity index (χ4n) is 3.13. The van der Waals surface area contributed by atoms with Gasteiger partial charge in [0.15, 0.2) is 11.5 Å². The average molecular weight is 439 g/mol. The highest BCUT2D eigenvalue weighted by Crippen LogP contribution is 2.18. The lowest BCUT2D eigenvalue weighted by atomic mass is 9.95. The van der Waals surface area contributed by atoms with Crippen LogP contribution in [-0.4, -0.2) is 54.1 Å². The van der Waals surface area contributed by atoms with Gasteiger partial charge in [0.1, 0.15) is 0 Å². The van der Waals surface area contributed by atoms with Crippen LogP contribution >= 0.6 is 0 Å². The summed E-state index contributed by atoms with van der Waals surface area (Å²) in [6, 6.07) is 10.1. The van der Waals surface area contributed by atoms with Crippen molar-refractivity contribution < 1.29 is 14.4 Å². The van der Waals surface area contributed by atoms with Gasteiger partial charge in [-0.2, -0.15) is 0 Å². The van der Waals surface area contributed by atoms with Crippen LogP contribution in [0.1, 0.15) is 54.5 Å². The molecule has 1 aliphatic rings. The molecule has 32 heavy (non-hydrogen) atoms. The van der Waals surface area contributed by atoms with Gasteiger partial charge in [-0.05, 0) is 49.2 Å². The Morgan fingerprint density at radius 3 is 2.06 bits per heavy atom. The van der Waals surface area contributed by atoms with Crippen molar-refractivity contribution in [1.82, 2.24) is 20.8 Å². The second-order valence-corrected chi connectivity index (χ2v) is 8.76. The van der Waals surface area contributed by atoms with Gasteiger partial charge in [0.25, 0.3) is 11.8 Å². The third-order valence-electron chi connectivity index (χ3n) is 5.10. The van der Waals surface area contributed by atoms with Gasteiger partial charge in [0.2, 0.25) is 5.91 Å². The second-order valence-electron chi connectivity index (χ2n) is 8.76. The van der Waals surface area contributed by atoms with Crippen LogP contribution in [0, 0.1) is 5.41 Å². The first-order valence-electron chi connectivity index (χ1n) is 10.8. The predicted octanol–water partition coefficient (Wildman–Crippen LogP) is 2.22. The first-order valence-corrected chi connectivity index (χ1v) is 10.8. The smallest absolute Gasteiger partial charge is 0.271 e. The number of hydrogen-bond donors (Lipinski definition) is 3. The zero-order valence-corrected chi connectivity index (χ0v) is 18.8. The molecule has 0 bridgehead atoms. The van der Waals surface area contributed by atoms with Crippen molar-refractivity contribution in [2.24, 2.45) is 5.41 Å². The first kappa shape index (κ1) is 23.2. The molecule has 0 atom stereocenters. The molecule has 0 saturated carbocycles. The Bertz CT molecular complexity index is 945. The van der Waals surface area contributed by atoms with Crippen LogP contribution in [0.3, 0.4) is 0 Å². The lowest BCUT2D eigenvalue weighted by molar-refractivity contribution is -0.123. The Morgan fingerprint density at radius 2 is 1.50 bits per heavy atom. The standard InChI is InChI=1S/C23H30N6O3/c1-23(2,3)22(32)26-17-8-6-16(7-9-17)20(30)24-12-13-25-21(31)18-10-11-19(28-27-18)29-14-4-5-15-29/h6-11H,4-5,12-15H2,1-3H3,(H,24,30)(H,25,31)(H,26,32). The molecule has 0 spiro atoms. The number of rotatable bonds is 7. The zero-order chi connectivity index (χ0) is 23.1. The Balaban J connectivity index is 1.40. The van der Waals surface area contributed by atoms with Crippen LogP contribution in [0.5, 0.6) is 0 Å². The number of carbonyl (C=O) groups excluding carboxylic acids is 3. The molecule has 1 fully saturated rings. The minimum Gasteiger partial charge on any atom is -0.355 e. The number of nitrogens with zero attached hydrogens (tertiary/aromatic N) is 3. The van der Waals surface area contributed by atoms with Gasteiger partial charge in [-0.25, -0.2) is 0 Å². The van der Waals surface area contributed by atoms with Crippen LogP contribution in [0.4, 0.5) is 11.5 Å². The largest absolute Gasteiger partial charge is 0.355 e. The van der Waals surface area contributed by atoms with Crippen LogP contribution < -0.4 is 20.9 Å². The number of carbonyl (C=O) groups is 3. The van der Waals surface area contributed by atoms with E-state index in [1.807, 2.05) is 26.8 Å². The van der Waals surface area contributed by atoms with E-state index >= 15 is 0 Å². The highest BCUT2D eigenvalue weighted by molar-refractivity contribution is 5.97. The van der Waals surface area contributed by atoms with E-state index in [0.717, 1.165) is 31.7 Å². The summed E-state index contributed by atoms with van der Waals surface area (Å²) in [6.45, 7) is 7.96. The molecule has 3 rings (SSSR count). The Hall–Kier alpha value is -3.49. The molecule has 3 amide bonds. The molecule has 0 unspecified atom stereocenters. The summed E-state index contributed by atoms with van der Waals surface area (Å²) in [6.07, 6.45) is 2.29. The molecule has 1 saturated heterocycles. The van der Waals surface area contributed by atoms with Gasteiger partial charge in [0.05, 0.1) is 0 Å². The van der Waals surface area contributed by atoms with Crippen LogP contribution in [0.25, 0.3) is 0 Å². The van der Waals surface area contributed by atoms with Crippen molar-refractivity contribution in [2.75, 3.05) is 36.4 Å². The quantitative estimate of drug-likeness (QED) is 0.571. The second kappa shape index (κ2) is 10.2. The van der Waals surface area contributed by atoms with E-state index in [1.54, 1.807) is 30.3 Å². The van der Waals surface area contributed by atoms with Crippen LogP contribution in [0.2, 0.25) is 0 Å². The summed E-state index contributed by atoms with van der Waals surface area (Å²) in [5.41, 5.74) is 0.841. The molecule has 2 aromatic rings. The Kier molecular flexibility index (Phi) is 7.40. The van der Waals surface area contributed by atoms with Gasteiger partial charge in [-0.1, -0.05) is 20.8 Å². The van der Waals surface area contributed by atoms with E-state index in [2.05, 4.69) is 31.0 Å². The molecule has 0 radical (unpaired) electrons. The topological polar surface area (TPSA) is 116 Å². The minimum atomic E-state index is -0.498. The molecule has 2 heterocycles. The summed E-state index contributed by atoms with van der Waals surface area (Å²) < 4.78 is 0. The molecule has 9 nitrogen and oxygen atoms in total. The van der Waals surface area contributed by atoms with Gasteiger partial charge >= 0.3 is 0 Å². The SMILES string of the molecule is CC(C)(C)C(=O)Nc1ccc(C(=O)NCCNC(=O)c2ccc(N3CCCC3)nn2)cc1. The lowest BCUT2D eigenvalue weighted by Gasteiger charge is -2.17. The zero-order valence-electron chi connectivity index (χ0n) is 18.8. The molecule has 3 N–H and O–H groups in total. The normalized spacial score (nSPS) is 13.5.